The molecule has 5 aromatic rings. The predicted molar refractivity (Wildman–Crippen MR) is 188 cm³/mol. The van der Waals surface area contributed by atoms with Gasteiger partial charge in [0.15, 0.2) is 0 Å². The summed E-state index contributed by atoms with van der Waals surface area (Å²) in [5.74, 6) is -0.229. The Kier molecular flexibility index (Phi) is 9.85. The van der Waals surface area contributed by atoms with Gasteiger partial charge in [-0.2, -0.15) is 5.10 Å². The third-order valence-corrected chi connectivity index (χ3v) is 8.88. The number of aromatic nitrogens is 5. The highest BCUT2D eigenvalue weighted by atomic mass is 19.1. The predicted octanol–water partition coefficient (Wildman–Crippen LogP) is 8.19. The summed E-state index contributed by atoms with van der Waals surface area (Å²) in [6, 6.07) is 13.4. The second-order valence-corrected chi connectivity index (χ2v) is 12.5. The number of likely N-dealkylation sites (tertiary alicyclic amines) is 1. The van der Waals surface area contributed by atoms with Crippen molar-refractivity contribution in [1.82, 2.24) is 34.9 Å². The van der Waals surface area contributed by atoms with E-state index in [9.17, 15) is 4.39 Å². The van der Waals surface area contributed by atoms with Gasteiger partial charge in [0.25, 0.3) is 0 Å². The summed E-state index contributed by atoms with van der Waals surface area (Å²) in [5, 5.41) is 8.72. The fraction of sp³-hybridized carbons (Fsp3) is 0.342. The maximum Gasteiger partial charge on any atom is 0.138 e. The number of benzene rings is 1. The molecule has 0 unspecified atom stereocenters. The molecular weight excluding hydrogens is 573 g/mol. The van der Waals surface area contributed by atoms with Crippen molar-refractivity contribution in [3.05, 3.63) is 96.1 Å². The van der Waals surface area contributed by atoms with Crippen molar-refractivity contribution in [2.24, 2.45) is 0 Å². The van der Waals surface area contributed by atoms with Crippen LogP contribution in [0.4, 0.5) is 4.39 Å². The van der Waals surface area contributed by atoms with Gasteiger partial charge < -0.3 is 14.8 Å². The van der Waals surface area contributed by atoms with E-state index < -0.39 is 0 Å². The number of hydrogen-bond acceptors (Lipinski definition) is 5. The Bertz CT molecular complexity index is 1890. The lowest BCUT2D eigenvalue weighted by Crippen LogP contribution is -2.20. The van der Waals surface area contributed by atoms with E-state index in [4.69, 9.17) is 4.98 Å². The van der Waals surface area contributed by atoms with Gasteiger partial charge in [0, 0.05) is 11.6 Å². The van der Waals surface area contributed by atoms with Crippen LogP contribution >= 0.6 is 0 Å². The molecule has 0 spiro atoms. The van der Waals surface area contributed by atoms with Gasteiger partial charge in [0.1, 0.15) is 22.7 Å². The Labute approximate surface area is 270 Å². The van der Waals surface area contributed by atoms with Crippen LogP contribution in [0.15, 0.2) is 79.0 Å². The van der Waals surface area contributed by atoms with Crippen LogP contribution in [0.5, 0.6) is 0 Å². The van der Waals surface area contributed by atoms with Gasteiger partial charge in [-0.05, 0) is 156 Å². The van der Waals surface area contributed by atoms with Crippen molar-refractivity contribution in [1.29, 1.82) is 0 Å². The molecule has 1 aliphatic rings. The topological polar surface area (TPSA) is 76.7 Å². The quantitative estimate of drug-likeness (QED) is 0.130. The van der Waals surface area contributed by atoms with Crippen molar-refractivity contribution >= 4 is 27.6 Å². The lowest BCUT2D eigenvalue weighted by Gasteiger charge is -2.14. The number of nitrogens with zero attached hydrogens (tertiary/aromatic N) is 5. The SMILES string of the molecule is C=C/C(=C\C(=C/C)c1ccc2[nH]nc(-c3cc4c(-c5cc(F)cc(CCCN(C)C)c5)ccnc4[nH]3)c2n1)CCCN1CCCC1. The van der Waals surface area contributed by atoms with E-state index in [1.54, 1.807) is 18.3 Å². The van der Waals surface area contributed by atoms with Gasteiger partial charge in [0.2, 0.25) is 0 Å². The van der Waals surface area contributed by atoms with E-state index >= 15 is 0 Å². The lowest BCUT2D eigenvalue weighted by atomic mass is 9.99. The summed E-state index contributed by atoms with van der Waals surface area (Å²) in [6.07, 6.45) is 14.6. The van der Waals surface area contributed by atoms with Crippen LogP contribution in [-0.4, -0.2) is 75.2 Å². The maximum absolute atomic E-state index is 14.8. The Balaban J connectivity index is 1.28. The molecule has 1 fully saturated rings. The second kappa shape index (κ2) is 14.4. The Morgan fingerprint density at radius 1 is 1.09 bits per heavy atom. The molecule has 8 heteroatoms. The standard InChI is InChI=1S/C38H44FN7/c1-5-26(11-10-20-46-18-7-8-19-46)21-28(6-2)33-13-14-34-36(41-33)37(44-43-34)35-25-32-31(15-16-40-38(32)42-35)29-22-27(23-30(39)24-29)12-9-17-45(3)4/h5-6,13-16,21-25H,1,7-12,17-20H2,2-4H3,(H,40,42)(H,43,44)/b26-21+,28-6+. The number of aromatic amines is 2. The number of pyridine rings is 2. The molecule has 5 heterocycles. The van der Waals surface area contributed by atoms with Crippen LogP contribution in [0, 0.1) is 5.82 Å². The first-order valence-corrected chi connectivity index (χ1v) is 16.4. The second-order valence-electron chi connectivity index (χ2n) is 12.5. The molecule has 6 rings (SSSR count). The third kappa shape index (κ3) is 7.19. The number of halogens is 1. The molecule has 0 atom stereocenters. The summed E-state index contributed by atoms with van der Waals surface area (Å²) in [7, 11) is 4.11. The minimum Gasteiger partial charge on any atom is -0.338 e. The molecule has 1 saturated heterocycles. The zero-order valence-electron chi connectivity index (χ0n) is 27.2. The first-order valence-electron chi connectivity index (χ1n) is 16.4. The highest BCUT2D eigenvalue weighted by molar-refractivity contribution is 5.99. The minimum absolute atomic E-state index is 0.229. The molecule has 0 saturated carbocycles. The first-order chi connectivity index (χ1) is 22.4. The first kappa shape index (κ1) is 31.6. The van der Waals surface area contributed by atoms with Crippen molar-refractivity contribution < 1.29 is 4.39 Å². The van der Waals surface area contributed by atoms with Gasteiger partial charge >= 0.3 is 0 Å². The van der Waals surface area contributed by atoms with Crippen molar-refractivity contribution in [2.45, 2.75) is 45.4 Å². The molecule has 7 nitrogen and oxygen atoms in total. The molecular formula is C38H44FN7. The van der Waals surface area contributed by atoms with Crippen LogP contribution in [0.1, 0.15) is 50.3 Å². The molecule has 4 aromatic heterocycles. The van der Waals surface area contributed by atoms with Crippen LogP contribution in [0.25, 0.3) is 50.2 Å². The zero-order chi connectivity index (χ0) is 32.0. The molecule has 0 amide bonds. The summed E-state index contributed by atoms with van der Waals surface area (Å²) in [6.45, 7) is 10.7. The van der Waals surface area contributed by atoms with Crippen LogP contribution in [0.2, 0.25) is 0 Å². The molecule has 2 N–H and O–H groups in total. The number of rotatable bonds is 13. The van der Waals surface area contributed by atoms with Crippen LogP contribution in [-0.2, 0) is 6.42 Å². The van der Waals surface area contributed by atoms with E-state index in [0.717, 1.165) is 100 Å². The van der Waals surface area contributed by atoms with Crippen molar-refractivity contribution in [3.8, 4) is 22.5 Å². The van der Waals surface area contributed by atoms with Gasteiger partial charge in [-0.15, -0.1) is 0 Å². The molecule has 0 aliphatic carbocycles. The highest BCUT2D eigenvalue weighted by Crippen LogP contribution is 2.34. The van der Waals surface area contributed by atoms with Gasteiger partial charge in [-0.1, -0.05) is 24.8 Å². The van der Waals surface area contributed by atoms with E-state index in [1.165, 1.54) is 31.5 Å². The molecule has 238 valence electrons. The van der Waals surface area contributed by atoms with E-state index in [-0.39, 0.29) is 5.82 Å². The van der Waals surface area contributed by atoms with Gasteiger partial charge in [-0.25, -0.2) is 14.4 Å². The maximum atomic E-state index is 14.8. The van der Waals surface area contributed by atoms with Crippen LogP contribution < -0.4 is 0 Å². The number of nitrogens with one attached hydrogen (secondary N) is 2. The third-order valence-electron chi connectivity index (χ3n) is 8.88. The molecule has 0 radical (unpaired) electrons. The summed E-state index contributed by atoms with van der Waals surface area (Å²) in [4.78, 5) is 17.8. The number of fused-ring (bicyclic) bond motifs is 2. The molecule has 1 aliphatic heterocycles. The van der Waals surface area contributed by atoms with E-state index in [2.05, 4.69) is 68.9 Å². The van der Waals surface area contributed by atoms with Gasteiger partial charge in [-0.3, -0.25) is 5.10 Å². The molecule has 0 bridgehead atoms. The van der Waals surface area contributed by atoms with E-state index in [1.807, 2.05) is 37.3 Å². The fourth-order valence-corrected chi connectivity index (χ4v) is 6.45. The normalized spacial score (nSPS) is 14.7. The number of hydrogen-bond donors (Lipinski definition) is 2. The van der Waals surface area contributed by atoms with Gasteiger partial charge in [0.05, 0.1) is 16.9 Å². The number of allylic oxidation sites excluding steroid dienone is 5. The summed E-state index contributed by atoms with van der Waals surface area (Å²) < 4.78 is 14.8. The van der Waals surface area contributed by atoms with E-state index in [0.29, 0.717) is 0 Å². The number of aryl methyl sites for hydroxylation is 1. The summed E-state index contributed by atoms with van der Waals surface area (Å²) >= 11 is 0. The molecule has 46 heavy (non-hydrogen) atoms. The lowest BCUT2D eigenvalue weighted by molar-refractivity contribution is 0.334. The largest absolute Gasteiger partial charge is 0.338 e. The average Bonchev–Trinajstić information content (AvgIpc) is 3.81. The minimum atomic E-state index is -0.229. The Morgan fingerprint density at radius 3 is 2.72 bits per heavy atom. The Morgan fingerprint density at radius 2 is 1.93 bits per heavy atom. The average molecular weight is 618 g/mol. The fourth-order valence-electron chi connectivity index (χ4n) is 6.45. The van der Waals surface area contributed by atoms with Crippen LogP contribution in [0.3, 0.4) is 0 Å². The summed E-state index contributed by atoms with van der Waals surface area (Å²) in [5.41, 5.74) is 9.80. The zero-order valence-corrected chi connectivity index (χ0v) is 27.2. The monoisotopic (exact) mass is 617 g/mol. The number of H-pyrrole nitrogens is 2. The highest BCUT2D eigenvalue weighted by Gasteiger charge is 2.17. The molecule has 1 aromatic carbocycles. The van der Waals surface area contributed by atoms with Crippen molar-refractivity contribution in [3.63, 3.8) is 0 Å². The van der Waals surface area contributed by atoms with Crippen molar-refractivity contribution in [2.75, 3.05) is 40.3 Å². The Hall–Kier alpha value is -4.40. The smallest absolute Gasteiger partial charge is 0.138 e.